The molecule has 4 heteroatoms. The number of benzene rings is 1. The molecule has 2 rings (SSSR count). The van der Waals surface area contributed by atoms with Gasteiger partial charge in [-0.05, 0) is 34.8 Å². The molecule has 1 aromatic rings. The van der Waals surface area contributed by atoms with Gasteiger partial charge in [-0.25, -0.2) is 0 Å². The van der Waals surface area contributed by atoms with Crippen LogP contribution >= 0.6 is 15.9 Å². The summed E-state index contributed by atoms with van der Waals surface area (Å²) in [5, 5.41) is 18.8. The molecule has 0 spiro atoms. The van der Waals surface area contributed by atoms with E-state index in [0.29, 0.717) is 22.9 Å². The molecular formula is C10H9BrO3. The van der Waals surface area contributed by atoms with Crippen LogP contribution in [0.2, 0.25) is 0 Å². The van der Waals surface area contributed by atoms with Crippen LogP contribution in [-0.2, 0) is 10.2 Å². The highest BCUT2D eigenvalue weighted by Gasteiger charge is 2.53. The minimum Gasteiger partial charge on any atom is -0.506 e. The van der Waals surface area contributed by atoms with Gasteiger partial charge in [0, 0.05) is 5.56 Å². The van der Waals surface area contributed by atoms with E-state index in [4.69, 9.17) is 5.11 Å². The Morgan fingerprint density at radius 3 is 2.57 bits per heavy atom. The van der Waals surface area contributed by atoms with E-state index in [-0.39, 0.29) is 5.75 Å². The highest BCUT2D eigenvalue weighted by molar-refractivity contribution is 9.10. The van der Waals surface area contributed by atoms with Gasteiger partial charge in [0.1, 0.15) is 5.75 Å². The minimum absolute atomic E-state index is 0.0485. The second-order valence-electron chi connectivity index (χ2n) is 3.52. The molecule has 1 aliphatic rings. The number of rotatable bonds is 2. The fourth-order valence-electron chi connectivity index (χ4n) is 1.62. The van der Waals surface area contributed by atoms with E-state index < -0.39 is 11.4 Å². The molecular weight excluding hydrogens is 248 g/mol. The van der Waals surface area contributed by atoms with Crippen LogP contribution in [0.4, 0.5) is 0 Å². The van der Waals surface area contributed by atoms with E-state index in [9.17, 15) is 9.90 Å². The summed E-state index contributed by atoms with van der Waals surface area (Å²) in [7, 11) is 0. The van der Waals surface area contributed by atoms with Crippen molar-refractivity contribution in [2.45, 2.75) is 18.3 Å². The summed E-state index contributed by atoms with van der Waals surface area (Å²) in [6.07, 6.45) is 1.21. The number of halogens is 1. The zero-order chi connectivity index (χ0) is 10.3. The largest absolute Gasteiger partial charge is 0.506 e. The van der Waals surface area contributed by atoms with Crippen LogP contribution in [0.5, 0.6) is 5.75 Å². The molecule has 1 aromatic carbocycles. The lowest BCUT2D eigenvalue weighted by atomic mass is 9.95. The normalized spacial score (nSPS) is 17.8. The molecule has 14 heavy (non-hydrogen) atoms. The first kappa shape index (κ1) is 9.52. The molecule has 0 radical (unpaired) electrons. The molecule has 0 aliphatic heterocycles. The van der Waals surface area contributed by atoms with Crippen molar-refractivity contribution < 1.29 is 15.0 Å². The number of aliphatic carboxylic acids is 1. The summed E-state index contributed by atoms with van der Waals surface area (Å²) in [6.45, 7) is 0. The number of hydrogen-bond acceptors (Lipinski definition) is 2. The molecule has 74 valence electrons. The average Bonchev–Trinajstić information content (AvgIpc) is 2.90. The zero-order valence-electron chi connectivity index (χ0n) is 7.33. The van der Waals surface area contributed by atoms with E-state index in [0.717, 1.165) is 0 Å². The summed E-state index contributed by atoms with van der Waals surface area (Å²) in [5.74, 6) is -0.807. The number of carboxylic acids is 1. The van der Waals surface area contributed by atoms with Gasteiger partial charge in [-0.15, -0.1) is 0 Å². The summed E-state index contributed by atoms with van der Waals surface area (Å²) in [6, 6.07) is 5.10. The first-order valence-corrected chi connectivity index (χ1v) is 5.08. The highest BCUT2D eigenvalue weighted by atomic mass is 79.9. The quantitative estimate of drug-likeness (QED) is 0.854. The summed E-state index contributed by atoms with van der Waals surface area (Å²) >= 11 is 3.17. The van der Waals surface area contributed by atoms with Gasteiger partial charge >= 0.3 is 5.97 Å². The molecule has 3 nitrogen and oxygen atoms in total. The van der Waals surface area contributed by atoms with Crippen LogP contribution in [0.3, 0.4) is 0 Å². The van der Waals surface area contributed by atoms with E-state index >= 15 is 0 Å². The second kappa shape index (κ2) is 2.98. The topological polar surface area (TPSA) is 57.5 Å². The minimum atomic E-state index is -0.856. The molecule has 0 heterocycles. The number of hydrogen-bond donors (Lipinski definition) is 2. The summed E-state index contributed by atoms with van der Waals surface area (Å²) < 4.78 is 0.544. The third-order valence-corrected chi connectivity index (χ3v) is 3.30. The van der Waals surface area contributed by atoms with Crippen LogP contribution in [-0.4, -0.2) is 16.2 Å². The average molecular weight is 257 g/mol. The third kappa shape index (κ3) is 1.21. The van der Waals surface area contributed by atoms with Gasteiger partial charge in [0.05, 0.1) is 9.89 Å². The standard InChI is InChI=1S/C10H9BrO3/c11-7-3-1-2-6(8(7)12)10(4-5-10)9(13)14/h1-3,12H,4-5H2,(H,13,14). The van der Waals surface area contributed by atoms with Crippen LogP contribution in [0, 0.1) is 0 Å². The lowest BCUT2D eigenvalue weighted by Crippen LogP contribution is -2.19. The molecule has 0 aromatic heterocycles. The van der Waals surface area contributed by atoms with Gasteiger partial charge < -0.3 is 10.2 Å². The van der Waals surface area contributed by atoms with Crippen molar-refractivity contribution >= 4 is 21.9 Å². The first-order valence-electron chi connectivity index (χ1n) is 4.29. The Bertz CT molecular complexity index is 396. The van der Waals surface area contributed by atoms with Gasteiger partial charge in [-0.2, -0.15) is 0 Å². The Labute approximate surface area is 89.5 Å². The van der Waals surface area contributed by atoms with Gasteiger partial charge in [-0.1, -0.05) is 12.1 Å². The number of carboxylic acid groups (broad SMARTS) is 1. The fraction of sp³-hybridized carbons (Fsp3) is 0.300. The van der Waals surface area contributed by atoms with Crippen LogP contribution < -0.4 is 0 Å². The number of phenolic OH excluding ortho intramolecular Hbond substituents is 1. The number of aromatic hydroxyl groups is 1. The molecule has 0 unspecified atom stereocenters. The van der Waals surface area contributed by atoms with Crippen molar-refractivity contribution in [2.75, 3.05) is 0 Å². The fourth-order valence-corrected chi connectivity index (χ4v) is 1.99. The Morgan fingerprint density at radius 1 is 1.43 bits per heavy atom. The second-order valence-corrected chi connectivity index (χ2v) is 4.38. The first-order chi connectivity index (χ1) is 6.58. The van der Waals surface area contributed by atoms with Crippen molar-refractivity contribution in [3.05, 3.63) is 28.2 Å². The maximum absolute atomic E-state index is 11.0. The molecule has 0 bridgehead atoms. The molecule has 2 N–H and O–H groups in total. The zero-order valence-corrected chi connectivity index (χ0v) is 8.91. The Kier molecular flexibility index (Phi) is 2.03. The smallest absolute Gasteiger partial charge is 0.314 e. The Morgan fingerprint density at radius 2 is 2.07 bits per heavy atom. The lowest BCUT2D eigenvalue weighted by molar-refractivity contribution is -0.140. The van der Waals surface area contributed by atoms with Crippen molar-refractivity contribution in [3.8, 4) is 5.75 Å². The molecule has 0 amide bonds. The number of para-hydroxylation sites is 1. The molecule has 1 saturated carbocycles. The van der Waals surface area contributed by atoms with E-state index in [1.54, 1.807) is 18.2 Å². The predicted octanol–water partition coefficient (Wildman–Crippen LogP) is 2.27. The maximum atomic E-state index is 11.0. The van der Waals surface area contributed by atoms with Gasteiger partial charge in [0.2, 0.25) is 0 Å². The van der Waals surface area contributed by atoms with Gasteiger partial charge in [0.15, 0.2) is 0 Å². The van der Waals surface area contributed by atoms with Crippen molar-refractivity contribution in [3.63, 3.8) is 0 Å². The summed E-state index contributed by atoms with van der Waals surface area (Å²) in [4.78, 5) is 11.0. The van der Waals surface area contributed by atoms with Crippen LogP contribution in [0.25, 0.3) is 0 Å². The lowest BCUT2D eigenvalue weighted by Gasteiger charge is -2.12. The number of phenols is 1. The molecule has 0 atom stereocenters. The molecule has 0 saturated heterocycles. The third-order valence-electron chi connectivity index (χ3n) is 2.66. The highest BCUT2D eigenvalue weighted by Crippen LogP contribution is 2.52. The van der Waals surface area contributed by atoms with Gasteiger partial charge in [-0.3, -0.25) is 4.79 Å². The predicted molar refractivity (Wildman–Crippen MR) is 54.4 cm³/mol. The van der Waals surface area contributed by atoms with Crippen LogP contribution in [0.1, 0.15) is 18.4 Å². The van der Waals surface area contributed by atoms with Crippen molar-refractivity contribution in [1.29, 1.82) is 0 Å². The van der Waals surface area contributed by atoms with Crippen LogP contribution in [0.15, 0.2) is 22.7 Å². The van der Waals surface area contributed by atoms with Crippen molar-refractivity contribution in [1.82, 2.24) is 0 Å². The maximum Gasteiger partial charge on any atom is 0.314 e. The monoisotopic (exact) mass is 256 g/mol. The molecule has 1 aliphatic carbocycles. The van der Waals surface area contributed by atoms with E-state index in [1.807, 2.05) is 0 Å². The SMILES string of the molecule is O=C(O)C1(c2cccc(Br)c2O)CC1. The Hall–Kier alpha value is -1.03. The van der Waals surface area contributed by atoms with E-state index in [2.05, 4.69) is 15.9 Å². The van der Waals surface area contributed by atoms with Gasteiger partial charge in [0.25, 0.3) is 0 Å². The van der Waals surface area contributed by atoms with Crippen molar-refractivity contribution in [2.24, 2.45) is 0 Å². The van der Waals surface area contributed by atoms with E-state index in [1.165, 1.54) is 0 Å². The number of carbonyl (C=O) groups is 1. The Balaban J connectivity index is 2.52. The molecule has 1 fully saturated rings. The summed E-state index contributed by atoms with van der Waals surface area (Å²) in [5.41, 5.74) is -0.326.